The fraction of sp³-hybridized carbons (Fsp3) is 1.00. The van der Waals surface area contributed by atoms with E-state index in [9.17, 15) is 0 Å². The maximum absolute atomic E-state index is 8.28. The topological polar surface area (TPSA) is 173 Å². The van der Waals surface area contributed by atoms with Gasteiger partial charge in [-0.15, -0.1) is 0 Å². The van der Waals surface area contributed by atoms with Crippen molar-refractivity contribution < 1.29 is 56.8 Å². The van der Waals surface area contributed by atoms with Crippen molar-refractivity contribution in [3.8, 4) is 0 Å². The Kier molecular flexibility index (Phi) is 11.8. The van der Waals surface area contributed by atoms with Crippen LogP contribution in [0.4, 0.5) is 0 Å². The Hall–Kier alpha value is -1.17. The molecule has 15 nitrogen and oxygen atoms in total. The number of hydrogen-bond donors (Lipinski definition) is 0. The highest BCUT2D eigenvalue weighted by Crippen LogP contribution is 2.32. The molecule has 5 aliphatic heterocycles. The standard InChI is InChI=1S/C24H39N3O12/c25-27-26-1-2-28-3-4-29-5-6-31-24-23(38-14-19-11-35-19)22(37-13-18-10-34-18)21(36-12-17-9-33-17)20(39-24)15-30-7-16-8-32-16/h16-24H,1-15H2/t16?,17?,18?,19?,20?,21-,22+,23?,24-/m1/s1. The molecule has 5 fully saturated rings. The normalized spacial score (nSPS) is 36.4. The molecule has 0 amide bonds. The van der Waals surface area contributed by atoms with Gasteiger partial charge in [-0.25, -0.2) is 0 Å². The lowest BCUT2D eigenvalue weighted by Gasteiger charge is -2.45. The van der Waals surface area contributed by atoms with E-state index in [-0.39, 0.29) is 37.6 Å². The first-order valence-electron chi connectivity index (χ1n) is 13.6. The molecule has 0 aliphatic carbocycles. The van der Waals surface area contributed by atoms with Crippen LogP contribution in [0.15, 0.2) is 5.11 Å². The van der Waals surface area contributed by atoms with Gasteiger partial charge >= 0.3 is 0 Å². The molecular formula is C24H39N3O12. The maximum Gasteiger partial charge on any atom is 0.187 e. The zero-order chi connectivity index (χ0) is 26.7. The van der Waals surface area contributed by atoms with E-state index in [1.807, 2.05) is 0 Å². The van der Waals surface area contributed by atoms with Gasteiger partial charge in [-0.2, -0.15) is 0 Å². The van der Waals surface area contributed by atoms with Crippen LogP contribution in [0.25, 0.3) is 10.4 Å². The van der Waals surface area contributed by atoms with Crippen molar-refractivity contribution >= 4 is 0 Å². The Labute approximate surface area is 227 Å². The SMILES string of the molecule is [N-]=[N+]=NCCOCCOCCO[C@@H]1OC(COCC2CO2)[C@@H](OCC2CO2)[C@H](OCC2CO2)C1OCC1CO1. The number of ether oxygens (including phenoxy) is 12. The summed E-state index contributed by atoms with van der Waals surface area (Å²) in [4.78, 5) is 2.68. The Morgan fingerprint density at radius 2 is 1.13 bits per heavy atom. The molecule has 0 spiro atoms. The zero-order valence-corrected chi connectivity index (χ0v) is 22.0. The van der Waals surface area contributed by atoms with Gasteiger partial charge in [0.05, 0.1) is 92.5 Å². The fourth-order valence-corrected chi connectivity index (χ4v) is 4.04. The van der Waals surface area contributed by atoms with Crippen molar-refractivity contribution in [2.45, 2.75) is 55.1 Å². The molecule has 222 valence electrons. The van der Waals surface area contributed by atoms with Crippen LogP contribution < -0.4 is 0 Å². The summed E-state index contributed by atoms with van der Waals surface area (Å²) >= 11 is 0. The maximum atomic E-state index is 8.28. The van der Waals surface area contributed by atoms with E-state index in [1.165, 1.54) is 0 Å². The average Bonchev–Trinajstić information content (AvgIpc) is 3.77. The Morgan fingerprint density at radius 3 is 1.74 bits per heavy atom. The molecule has 0 radical (unpaired) electrons. The molecule has 39 heavy (non-hydrogen) atoms. The predicted molar refractivity (Wildman–Crippen MR) is 129 cm³/mol. The number of epoxide rings is 4. The van der Waals surface area contributed by atoms with Crippen LogP contribution in [0.3, 0.4) is 0 Å². The zero-order valence-electron chi connectivity index (χ0n) is 22.0. The van der Waals surface area contributed by atoms with E-state index < -0.39 is 30.7 Å². The van der Waals surface area contributed by atoms with Gasteiger partial charge in [0.15, 0.2) is 6.29 Å². The predicted octanol–water partition coefficient (Wildman–Crippen LogP) is -0.161. The minimum absolute atomic E-state index is 0.0547. The second-order valence-electron chi connectivity index (χ2n) is 9.85. The molecule has 0 aromatic heterocycles. The van der Waals surface area contributed by atoms with Crippen LogP contribution in [0.1, 0.15) is 0 Å². The minimum Gasteiger partial charge on any atom is -0.379 e. The summed E-state index contributed by atoms with van der Waals surface area (Å²) in [6.07, 6.45) is -2.37. The summed E-state index contributed by atoms with van der Waals surface area (Å²) in [6.45, 7) is 6.77. The second-order valence-corrected chi connectivity index (χ2v) is 9.85. The van der Waals surface area contributed by atoms with Crippen LogP contribution in [0, 0.1) is 0 Å². The monoisotopic (exact) mass is 561 g/mol. The minimum atomic E-state index is -0.736. The van der Waals surface area contributed by atoms with Crippen LogP contribution in [-0.2, 0) is 56.8 Å². The fourth-order valence-electron chi connectivity index (χ4n) is 4.04. The smallest absolute Gasteiger partial charge is 0.187 e. The van der Waals surface area contributed by atoms with Crippen molar-refractivity contribution in [1.82, 2.24) is 0 Å². The third-order valence-corrected chi connectivity index (χ3v) is 6.49. The number of nitrogens with zero attached hydrogens (tertiary/aromatic N) is 3. The Balaban J connectivity index is 1.16. The van der Waals surface area contributed by atoms with Gasteiger partial charge in [0.1, 0.15) is 48.8 Å². The van der Waals surface area contributed by atoms with Gasteiger partial charge in [0.25, 0.3) is 0 Å². The van der Waals surface area contributed by atoms with E-state index in [0.717, 1.165) is 0 Å². The van der Waals surface area contributed by atoms with Gasteiger partial charge in [0.2, 0.25) is 0 Å². The highest BCUT2D eigenvalue weighted by molar-refractivity contribution is 4.94. The molecule has 5 saturated heterocycles. The summed E-state index contributed by atoms with van der Waals surface area (Å²) in [7, 11) is 0. The lowest BCUT2D eigenvalue weighted by molar-refractivity contribution is -0.325. The van der Waals surface area contributed by atoms with E-state index in [1.54, 1.807) is 0 Å². The van der Waals surface area contributed by atoms with Crippen molar-refractivity contribution in [2.24, 2.45) is 5.11 Å². The van der Waals surface area contributed by atoms with Gasteiger partial charge < -0.3 is 56.8 Å². The summed E-state index contributed by atoms with van der Waals surface area (Å²) in [5, 5.41) is 3.42. The average molecular weight is 562 g/mol. The van der Waals surface area contributed by atoms with E-state index >= 15 is 0 Å². The van der Waals surface area contributed by atoms with Crippen molar-refractivity contribution in [3.05, 3.63) is 10.4 Å². The molecule has 6 unspecified atom stereocenters. The first-order chi connectivity index (χ1) is 19.3. The largest absolute Gasteiger partial charge is 0.379 e. The van der Waals surface area contributed by atoms with E-state index in [2.05, 4.69) is 10.0 Å². The summed E-state index contributed by atoms with van der Waals surface area (Å²) < 4.78 is 69.7. The Bertz CT molecular complexity index is 761. The molecule has 5 rings (SSSR count). The lowest BCUT2D eigenvalue weighted by Crippen LogP contribution is -2.62. The molecule has 9 atom stereocenters. The third kappa shape index (κ3) is 11.0. The number of rotatable bonds is 23. The Morgan fingerprint density at radius 1 is 0.590 bits per heavy atom. The summed E-state index contributed by atoms with van der Waals surface area (Å²) in [5.74, 6) is 0. The van der Waals surface area contributed by atoms with Crippen LogP contribution in [0.5, 0.6) is 0 Å². The van der Waals surface area contributed by atoms with Crippen LogP contribution in [0.2, 0.25) is 0 Å². The van der Waals surface area contributed by atoms with Crippen LogP contribution >= 0.6 is 0 Å². The quantitative estimate of drug-likeness (QED) is 0.0531. The van der Waals surface area contributed by atoms with Crippen LogP contribution in [-0.4, -0.2) is 154 Å². The highest BCUT2D eigenvalue weighted by Gasteiger charge is 2.50. The molecule has 5 heterocycles. The van der Waals surface area contributed by atoms with Crippen molar-refractivity contribution in [1.29, 1.82) is 0 Å². The molecule has 0 saturated carbocycles. The summed E-state index contributed by atoms with van der Waals surface area (Å²) in [5.41, 5.74) is 8.28. The third-order valence-electron chi connectivity index (χ3n) is 6.49. The molecule has 0 bridgehead atoms. The summed E-state index contributed by atoms with van der Waals surface area (Å²) in [6, 6.07) is 0. The molecule has 5 aliphatic rings. The van der Waals surface area contributed by atoms with Gasteiger partial charge in [-0.3, -0.25) is 0 Å². The second kappa shape index (κ2) is 15.7. The number of hydrogen-bond acceptors (Lipinski definition) is 13. The molecule has 0 aromatic rings. The van der Waals surface area contributed by atoms with Gasteiger partial charge in [0, 0.05) is 11.5 Å². The molecule has 15 heteroatoms. The van der Waals surface area contributed by atoms with Gasteiger partial charge in [-0.05, 0) is 5.53 Å². The van der Waals surface area contributed by atoms with Crippen molar-refractivity contribution in [3.63, 3.8) is 0 Å². The van der Waals surface area contributed by atoms with E-state index in [0.29, 0.717) is 85.8 Å². The molecule has 0 aromatic carbocycles. The first-order valence-corrected chi connectivity index (χ1v) is 13.6. The highest BCUT2D eigenvalue weighted by atomic mass is 16.7. The number of azide groups is 1. The molecular weight excluding hydrogens is 522 g/mol. The van der Waals surface area contributed by atoms with Gasteiger partial charge in [-0.1, -0.05) is 5.11 Å². The molecule has 0 N–H and O–H groups in total. The first kappa shape index (κ1) is 29.3. The lowest BCUT2D eigenvalue weighted by atomic mass is 9.98. The van der Waals surface area contributed by atoms with Crippen molar-refractivity contribution in [2.75, 3.05) is 99.0 Å². The van der Waals surface area contributed by atoms with E-state index in [4.69, 9.17) is 62.4 Å².